The summed E-state index contributed by atoms with van der Waals surface area (Å²) in [4.78, 5) is 9.65. The summed E-state index contributed by atoms with van der Waals surface area (Å²) in [5.41, 5.74) is 7.08. The first-order valence-corrected chi connectivity index (χ1v) is 17.7. The van der Waals surface area contributed by atoms with Crippen LogP contribution in [0, 0.1) is 19.1 Å². The van der Waals surface area contributed by atoms with Gasteiger partial charge in [-0.05, 0) is 69.0 Å². The Morgan fingerprint density at radius 2 is 1.49 bits per heavy atom. The number of aromatic nitrogens is 2. The van der Waals surface area contributed by atoms with Gasteiger partial charge in [0.25, 0.3) is 0 Å². The summed E-state index contributed by atoms with van der Waals surface area (Å²) in [5, 5.41) is 4.97. The van der Waals surface area contributed by atoms with Crippen molar-refractivity contribution in [1.29, 1.82) is 0 Å². The minimum Gasteiger partial charge on any atom is -0.347 e. The van der Waals surface area contributed by atoms with E-state index in [1.165, 1.54) is 38.1 Å². The molecular formula is C37H36N4PtSi. The van der Waals surface area contributed by atoms with Crippen LogP contribution in [0.15, 0.2) is 97.2 Å². The number of benzene rings is 4. The Labute approximate surface area is 270 Å². The average Bonchev–Trinajstić information content (AvgIpc) is 3.54. The van der Waals surface area contributed by atoms with E-state index in [1.807, 2.05) is 12.3 Å². The number of hydrogen-bond acceptors (Lipinski definition) is 3. The van der Waals surface area contributed by atoms with Gasteiger partial charge in [0.2, 0.25) is 0 Å². The number of nitrogens with zero attached hydrogens (tertiary/aromatic N) is 4. The molecule has 0 spiro atoms. The maximum Gasteiger partial charge on any atom is 2.00 e. The molecule has 2 aromatic heterocycles. The monoisotopic (exact) mass is 759 g/mol. The van der Waals surface area contributed by atoms with Gasteiger partial charge in [0.05, 0.1) is 26.1 Å². The van der Waals surface area contributed by atoms with E-state index in [1.54, 1.807) is 0 Å². The summed E-state index contributed by atoms with van der Waals surface area (Å²) in [6, 6.07) is 40.6. The number of rotatable bonds is 4. The molecule has 7 rings (SSSR count). The summed E-state index contributed by atoms with van der Waals surface area (Å²) in [6.07, 6.45) is 1.89. The van der Waals surface area contributed by atoms with Crippen LogP contribution in [0.5, 0.6) is 0 Å². The van der Waals surface area contributed by atoms with Crippen molar-refractivity contribution in [3.8, 4) is 5.82 Å². The molecule has 0 atom stereocenters. The normalized spacial score (nSPS) is 13.4. The zero-order valence-electron chi connectivity index (χ0n) is 25.5. The molecular weight excluding hydrogens is 724 g/mol. The first-order valence-electron chi connectivity index (χ1n) is 14.7. The molecule has 6 aromatic rings. The summed E-state index contributed by atoms with van der Waals surface area (Å²) in [6.45, 7) is 14.6. The van der Waals surface area contributed by atoms with Gasteiger partial charge >= 0.3 is 21.1 Å². The van der Waals surface area contributed by atoms with Gasteiger partial charge in [0, 0.05) is 17.3 Å². The zero-order chi connectivity index (χ0) is 29.2. The van der Waals surface area contributed by atoms with Gasteiger partial charge in [0.1, 0.15) is 5.82 Å². The van der Waals surface area contributed by atoms with Gasteiger partial charge in [-0.1, -0.05) is 54.6 Å². The maximum absolute atomic E-state index is 4.77. The van der Waals surface area contributed by atoms with E-state index in [4.69, 9.17) is 4.98 Å². The van der Waals surface area contributed by atoms with E-state index in [9.17, 15) is 0 Å². The second kappa shape index (κ2) is 10.8. The fourth-order valence-corrected chi connectivity index (χ4v) is 8.43. The minimum atomic E-state index is -2.17. The van der Waals surface area contributed by atoms with Crippen molar-refractivity contribution in [3.63, 3.8) is 0 Å². The Morgan fingerprint density at radius 3 is 2.26 bits per heavy atom. The molecule has 0 saturated heterocycles. The zero-order valence-corrected chi connectivity index (χ0v) is 28.8. The van der Waals surface area contributed by atoms with Gasteiger partial charge in [-0.15, -0.1) is 11.5 Å². The summed E-state index contributed by atoms with van der Waals surface area (Å²) >= 11 is 0. The Hall–Kier alpha value is -3.66. The number of pyridine rings is 1. The third-order valence-electron chi connectivity index (χ3n) is 8.69. The van der Waals surface area contributed by atoms with E-state index in [0.29, 0.717) is 0 Å². The van der Waals surface area contributed by atoms with Crippen LogP contribution in [0.1, 0.15) is 26.3 Å². The number of anilines is 3. The molecule has 0 fully saturated rings. The molecule has 0 bridgehead atoms. The quantitative estimate of drug-likeness (QED) is 0.137. The SMILES string of the molecule is Cc1ccnc(-n2c3[c-]c([Si](C)(C)c4[c-]c(N5CN(C(C)(C)C)c6ccccc65)ccc4)ccc3c3ccccc32)c1.[Pt+2]. The predicted octanol–water partition coefficient (Wildman–Crippen LogP) is 7.62. The standard InChI is InChI=1S/C37H36N4Si.Pt/c1-26-20-21-38-36(22-26)41-32-15-8-7-14-30(32)31-19-18-29(24-35(31)41)42(5,6)28-13-11-12-27(23-28)39-25-40(37(2,3)4)34-17-10-9-16-33(34)39;/h7-22H,25H2,1-6H3;/q-2;+2. The largest absolute Gasteiger partial charge is 2.00 e. The van der Waals surface area contributed by atoms with E-state index in [-0.39, 0.29) is 26.6 Å². The Bertz CT molecular complexity index is 1970. The van der Waals surface area contributed by atoms with Gasteiger partial charge < -0.3 is 14.4 Å². The second-order valence-electron chi connectivity index (χ2n) is 12.9. The molecule has 0 N–H and O–H groups in total. The molecule has 6 heteroatoms. The fourth-order valence-electron chi connectivity index (χ4n) is 6.26. The molecule has 43 heavy (non-hydrogen) atoms. The number of fused-ring (bicyclic) bond motifs is 4. The van der Waals surface area contributed by atoms with Crippen molar-refractivity contribution >= 4 is 57.3 Å². The van der Waals surface area contributed by atoms with E-state index >= 15 is 0 Å². The van der Waals surface area contributed by atoms with E-state index in [0.717, 1.165) is 29.2 Å². The first-order chi connectivity index (χ1) is 20.1. The van der Waals surface area contributed by atoms with Crippen LogP contribution in [0.2, 0.25) is 13.1 Å². The number of aryl methyl sites for hydroxylation is 1. The smallest absolute Gasteiger partial charge is 0.347 e. The summed E-state index contributed by atoms with van der Waals surface area (Å²) in [5.74, 6) is 0.929. The van der Waals surface area contributed by atoms with Gasteiger partial charge in [-0.3, -0.25) is 0 Å². The van der Waals surface area contributed by atoms with Crippen LogP contribution in [0.25, 0.3) is 27.6 Å². The number of hydrogen-bond donors (Lipinski definition) is 0. The minimum absolute atomic E-state index is 0. The Kier molecular flexibility index (Phi) is 7.39. The topological polar surface area (TPSA) is 24.3 Å². The van der Waals surface area contributed by atoms with E-state index in [2.05, 4.69) is 152 Å². The molecule has 0 unspecified atom stereocenters. The van der Waals surface area contributed by atoms with Crippen molar-refractivity contribution in [3.05, 3.63) is 115 Å². The molecule has 1 aliphatic rings. The van der Waals surface area contributed by atoms with Crippen molar-refractivity contribution in [1.82, 2.24) is 9.55 Å². The van der Waals surface area contributed by atoms with Crippen LogP contribution in [-0.4, -0.2) is 29.8 Å². The third kappa shape index (κ3) is 4.93. The third-order valence-corrected chi connectivity index (χ3v) is 12.0. The molecule has 4 aromatic carbocycles. The van der Waals surface area contributed by atoms with Crippen molar-refractivity contribution in [2.24, 2.45) is 0 Å². The Morgan fingerprint density at radius 1 is 0.767 bits per heavy atom. The van der Waals surface area contributed by atoms with Crippen LogP contribution < -0.4 is 20.2 Å². The molecule has 0 saturated carbocycles. The van der Waals surface area contributed by atoms with Gasteiger partial charge in [-0.25, -0.2) is 4.98 Å². The average molecular weight is 760 g/mol. The van der Waals surface area contributed by atoms with E-state index < -0.39 is 8.07 Å². The number of para-hydroxylation sites is 3. The second-order valence-corrected chi connectivity index (χ2v) is 17.2. The molecule has 0 aliphatic carbocycles. The predicted molar refractivity (Wildman–Crippen MR) is 180 cm³/mol. The molecule has 3 heterocycles. The van der Waals surface area contributed by atoms with Crippen LogP contribution in [0.4, 0.5) is 17.1 Å². The van der Waals surface area contributed by atoms with Gasteiger partial charge in [0.15, 0.2) is 0 Å². The first kappa shape index (κ1) is 29.4. The van der Waals surface area contributed by atoms with Crippen molar-refractivity contribution in [2.45, 2.75) is 46.3 Å². The molecule has 1 aliphatic heterocycles. The summed E-state index contributed by atoms with van der Waals surface area (Å²) in [7, 11) is -2.17. The van der Waals surface area contributed by atoms with Crippen molar-refractivity contribution in [2.75, 3.05) is 16.5 Å². The molecule has 0 radical (unpaired) electrons. The summed E-state index contributed by atoms with van der Waals surface area (Å²) < 4.78 is 2.27. The van der Waals surface area contributed by atoms with Crippen LogP contribution in [0.3, 0.4) is 0 Å². The maximum atomic E-state index is 4.77. The van der Waals surface area contributed by atoms with Crippen molar-refractivity contribution < 1.29 is 21.1 Å². The fraction of sp³-hybridized carbons (Fsp3) is 0.216. The molecule has 4 nitrogen and oxygen atoms in total. The van der Waals surface area contributed by atoms with Gasteiger partial charge in [-0.2, -0.15) is 46.8 Å². The molecule has 218 valence electrons. The van der Waals surface area contributed by atoms with Crippen LogP contribution >= 0.6 is 0 Å². The van der Waals surface area contributed by atoms with Crippen LogP contribution in [-0.2, 0) is 21.1 Å². The molecule has 0 amide bonds. The Balaban J connectivity index is 0.00000329.